The molecule has 0 aliphatic rings. The van der Waals surface area contributed by atoms with E-state index in [1.165, 1.54) is 83.1 Å². The van der Waals surface area contributed by atoms with E-state index in [1.807, 2.05) is 0 Å². The Bertz CT molecular complexity index is 573. The summed E-state index contributed by atoms with van der Waals surface area (Å²) in [5.74, 6) is 0. The summed E-state index contributed by atoms with van der Waals surface area (Å²) in [5.41, 5.74) is 0.668. The second-order valence-corrected chi connectivity index (χ2v) is 8.76. The number of unbranched alkanes of at least 4 members (excludes halogenated alkanes) is 13. The van der Waals surface area contributed by atoms with Crippen molar-refractivity contribution >= 4 is 10.1 Å². The molecule has 0 atom stereocenters. The molecule has 0 spiro atoms. The molecule has 0 radical (unpaired) electrons. The summed E-state index contributed by atoms with van der Waals surface area (Å²) >= 11 is 0. The molecule has 1 aromatic rings. The van der Waals surface area contributed by atoms with Crippen LogP contribution in [0.3, 0.4) is 0 Å². The Labute approximate surface area is 189 Å². The van der Waals surface area contributed by atoms with Crippen LogP contribution in [0.4, 0.5) is 0 Å². The van der Waals surface area contributed by atoms with Crippen LogP contribution in [0.2, 0.25) is 0 Å². The normalized spacial score (nSPS) is 11.3. The second kappa shape index (κ2) is 17.0. The summed E-state index contributed by atoms with van der Waals surface area (Å²) in [5, 5.41) is 0. The van der Waals surface area contributed by atoms with E-state index in [0.29, 0.717) is 12.0 Å². The molecule has 0 aliphatic heterocycles. The van der Waals surface area contributed by atoms with Gasteiger partial charge < -0.3 is 4.55 Å². The molecule has 0 unspecified atom stereocenters. The van der Waals surface area contributed by atoms with Gasteiger partial charge in [-0.2, -0.15) is 0 Å². The fourth-order valence-corrected chi connectivity index (χ4v) is 4.20. The molecule has 1 aromatic carbocycles. The molecule has 0 amide bonds. The summed E-state index contributed by atoms with van der Waals surface area (Å²) in [7, 11) is -4.35. The zero-order valence-electron chi connectivity index (χ0n) is 17.5. The zero-order valence-corrected chi connectivity index (χ0v) is 20.4. The van der Waals surface area contributed by atoms with Crippen LogP contribution >= 0.6 is 0 Å². The first kappa shape index (κ1) is 27.1. The van der Waals surface area contributed by atoms with Crippen molar-refractivity contribution < 1.29 is 42.5 Å². The summed E-state index contributed by atoms with van der Waals surface area (Å²) in [6.45, 7) is 2.26. The number of hydrogen-bond acceptors (Lipinski definition) is 3. The molecule has 0 heterocycles. The van der Waals surface area contributed by atoms with E-state index in [2.05, 4.69) is 6.92 Å². The van der Waals surface area contributed by atoms with Gasteiger partial charge >= 0.3 is 29.6 Å². The Kier molecular flexibility index (Phi) is 17.1. The average Bonchev–Trinajstić information content (AvgIpc) is 2.61. The van der Waals surface area contributed by atoms with Gasteiger partial charge in [0.15, 0.2) is 0 Å². The Morgan fingerprint density at radius 3 is 1.56 bits per heavy atom. The van der Waals surface area contributed by atoms with Crippen LogP contribution in [0, 0.1) is 0 Å². The smallest absolute Gasteiger partial charge is 0.744 e. The van der Waals surface area contributed by atoms with E-state index >= 15 is 0 Å². The first-order valence-electron chi connectivity index (χ1n) is 10.6. The van der Waals surface area contributed by atoms with Gasteiger partial charge in [-0.25, -0.2) is 8.42 Å². The van der Waals surface area contributed by atoms with E-state index < -0.39 is 10.1 Å². The first-order chi connectivity index (χ1) is 12.6. The SMILES string of the molecule is CCCCCCCCCCCCCCCCc1ccccc1S(=O)(=O)[O-].[Na+]. The van der Waals surface area contributed by atoms with Crippen molar-refractivity contribution in [1.29, 1.82) is 0 Å². The average molecular weight is 405 g/mol. The van der Waals surface area contributed by atoms with Gasteiger partial charge in [0.25, 0.3) is 0 Å². The van der Waals surface area contributed by atoms with Crippen molar-refractivity contribution in [3.63, 3.8) is 0 Å². The Balaban J connectivity index is 0.00000676. The van der Waals surface area contributed by atoms with E-state index in [4.69, 9.17) is 0 Å². The predicted octanol–water partition coefficient (Wildman–Crippen LogP) is 3.62. The van der Waals surface area contributed by atoms with Crippen molar-refractivity contribution in [2.24, 2.45) is 0 Å². The molecular formula is C22H37NaO3S. The molecule has 0 bridgehead atoms. The van der Waals surface area contributed by atoms with Gasteiger partial charge in [0.2, 0.25) is 0 Å². The van der Waals surface area contributed by atoms with Gasteiger partial charge in [-0.15, -0.1) is 0 Å². The molecule has 1 rings (SSSR count). The molecule has 3 nitrogen and oxygen atoms in total. The number of aryl methyl sites for hydroxylation is 1. The van der Waals surface area contributed by atoms with Crippen LogP contribution in [0.1, 0.15) is 102 Å². The molecule has 5 heteroatoms. The van der Waals surface area contributed by atoms with Gasteiger partial charge in [-0.05, 0) is 24.5 Å². The largest absolute Gasteiger partial charge is 1.00 e. The van der Waals surface area contributed by atoms with Crippen molar-refractivity contribution in [3.8, 4) is 0 Å². The van der Waals surface area contributed by atoms with Gasteiger partial charge in [0.1, 0.15) is 10.1 Å². The fraction of sp³-hybridized carbons (Fsp3) is 0.727. The third-order valence-electron chi connectivity index (χ3n) is 5.04. The van der Waals surface area contributed by atoms with Crippen LogP contribution in [-0.4, -0.2) is 13.0 Å². The Hall–Kier alpha value is 0.130. The van der Waals surface area contributed by atoms with Gasteiger partial charge in [-0.1, -0.05) is 109 Å². The van der Waals surface area contributed by atoms with E-state index in [9.17, 15) is 13.0 Å². The molecule has 0 N–H and O–H groups in total. The minimum absolute atomic E-state index is 0. The van der Waals surface area contributed by atoms with Crippen molar-refractivity contribution in [3.05, 3.63) is 29.8 Å². The summed E-state index contributed by atoms with van der Waals surface area (Å²) < 4.78 is 33.7. The molecular weight excluding hydrogens is 367 g/mol. The Morgan fingerprint density at radius 1 is 0.704 bits per heavy atom. The van der Waals surface area contributed by atoms with Crippen LogP contribution in [0.25, 0.3) is 0 Å². The standard InChI is InChI=1S/C22H38O3S.Na/c1-2-3-4-5-6-7-8-9-10-11-12-13-14-15-18-21-19-16-17-20-22(21)26(23,24)25;/h16-17,19-20H,2-15,18H2,1H3,(H,23,24,25);/q;+1/p-1. The molecule has 150 valence electrons. The predicted molar refractivity (Wildman–Crippen MR) is 108 cm³/mol. The topological polar surface area (TPSA) is 57.2 Å². The van der Waals surface area contributed by atoms with Crippen molar-refractivity contribution in [1.82, 2.24) is 0 Å². The molecule has 0 saturated heterocycles. The van der Waals surface area contributed by atoms with Crippen molar-refractivity contribution in [2.75, 3.05) is 0 Å². The molecule has 27 heavy (non-hydrogen) atoms. The van der Waals surface area contributed by atoms with Crippen LogP contribution in [0.15, 0.2) is 29.2 Å². The minimum atomic E-state index is -4.35. The summed E-state index contributed by atoms with van der Waals surface area (Å²) in [4.78, 5) is -0.0466. The number of hydrogen-bond donors (Lipinski definition) is 0. The molecule has 0 saturated carbocycles. The first-order valence-corrected chi connectivity index (χ1v) is 12.0. The van der Waals surface area contributed by atoms with E-state index in [-0.39, 0.29) is 34.5 Å². The monoisotopic (exact) mass is 404 g/mol. The quantitative estimate of drug-likeness (QED) is 0.240. The fourth-order valence-electron chi connectivity index (χ4n) is 3.46. The van der Waals surface area contributed by atoms with Crippen molar-refractivity contribution in [2.45, 2.75) is 108 Å². The third-order valence-corrected chi connectivity index (χ3v) is 5.98. The van der Waals surface area contributed by atoms with E-state index in [0.717, 1.165) is 12.8 Å². The van der Waals surface area contributed by atoms with Crippen LogP contribution in [-0.2, 0) is 16.5 Å². The Morgan fingerprint density at radius 2 is 1.11 bits per heavy atom. The summed E-state index contributed by atoms with van der Waals surface area (Å²) in [6.07, 6.45) is 18.9. The maximum atomic E-state index is 11.2. The second-order valence-electron chi connectivity index (χ2n) is 7.41. The van der Waals surface area contributed by atoms with E-state index in [1.54, 1.807) is 18.2 Å². The van der Waals surface area contributed by atoms with Crippen LogP contribution < -0.4 is 29.6 Å². The van der Waals surface area contributed by atoms with Gasteiger partial charge in [-0.3, -0.25) is 0 Å². The number of rotatable bonds is 16. The van der Waals surface area contributed by atoms with Gasteiger partial charge in [0.05, 0.1) is 4.90 Å². The maximum absolute atomic E-state index is 11.2. The maximum Gasteiger partial charge on any atom is 1.00 e. The van der Waals surface area contributed by atoms with Crippen LogP contribution in [0.5, 0.6) is 0 Å². The molecule has 0 aliphatic carbocycles. The minimum Gasteiger partial charge on any atom is -0.744 e. The zero-order chi connectivity index (χ0) is 19.1. The van der Waals surface area contributed by atoms with Gasteiger partial charge in [0, 0.05) is 0 Å². The molecule has 0 fully saturated rings. The summed E-state index contributed by atoms with van der Waals surface area (Å²) in [6, 6.07) is 6.59. The third kappa shape index (κ3) is 13.9. The number of benzene rings is 1. The molecule has 0 aromatic heterocycles.